The second-order valence-electron chi connectivity index (χ2n) is 5.32. The number of halogens is 3. The molecule has 5 nitrogen and oxygen atoms in total. The minimum Gasteiger partial charge on any atom is -0.497 e. The molecule has 130 valence electrons. The summed E-state index contributed by atoms with van der Waals surface area (Å²) in [5.74, 6) is 0.0773. The second-order valence-corrected chi connectivity index (χ2v) is 5.32. The van der Waals surface area contributed by atoms with Crippen molar-refractivity contribution in [2.24, 2.45) is 0 Å². The fourth-order valence-electron chi connectivity index (χ4n) is 2.09. The molecule has 0 aliphatic carbocycles. The zero-order chi connectivity index (χ0) is 17.7. The first kappa shape index (κ1) is 17.8. The van der Waals surface area contributed by atoms with E-state index >= 15 is 0 Å². The Morgan fingerprint density at radius 1 is 1.33 bits per heavy atom. The van der Waals surface area contributed by atoms with Crippen molar-refractivity contribution in [1.29, 1.82) is 0 Å². The number of methoxy groups -OCH3 is 1. The normalized spacial score (nSPS) is 12.7. The fraction of sp³-hybridized carbons (Fsp3) is 0.375. The average Bonchev–Trinajstić information content (AvgIpc) is 3.02. The number of carbonyl (C=O) groups excluding carboxylic acids is 1. The van der Waals surface area contributed by atoms with E-state index in [0.29, 0.717) is 5.56 Å². The average molecular weight is 341 g/mol. The number of aromatic nitrogens is 2. The summed E-state index contributed by atoms with van der Waals surface area (Å²) in [5, 5.41) is 6.74. The van der Waals surface area contributed by atoms with Gasteiger partial charge in [-0.05, 0) is 31.2 Å². The van der Waals surface area contributed by atoms with Crippen LogP contribution < -0.4 is 10.1 Å². The van der Waals surface area contributed by atoms with Crippen LogP contribution in [0.5, 0.6) is 5.75 Å². The quantitative estimate of drug-likeness (QED) is 0.876. The van der Waals surface area contributed by atoms with E-state index in [2.05, 4.69) is 10.4 Å². The summed E-state index contributed by atoms with van der Waals surface area (Å²) in [6.07, 6.45) is -2.76. The maximum Gasteiger partial charge on any atom is 0.389 e. The summed E-state index contributed by atoms with van der Waals surface area (Å²) in [4.78, 5) is 11.6. The zero-order valence-corrected chi connectivity index (χ0v) is 13.3. The third-order valence-electron chi connectivity index (χ3n) is 3.45. The van der Waals surface area contributed by atoms with Crippen molar-refractivity contribution in [2.75, 3.05) is 7.11 Å². The lowest BCUT2D eigenvalue weighted by Crippen LogP contribution is -2.27. The lowest BCUT2D eigenvalue weighted by Gasteiger charge is -2.12. The van der Waals surface area contributed by atoms with Gasteiger partial charge in [0.25, 0.3) is 0 Å². The van der Waals surface area contributed by atoms with Crippen LogP contribution >= 0.6 is 0 Å². The molecule has 1 amide bonds. The Labute approximate surface area is 137 Å². The molecule has 0 radical (unpaired) electrons. The number of rotatable bonds is 6. The summed E-state index contributed by atoms with van der Waals surface area (Å²) in [5.41, 5.74) is 1.50. The highest BCUT2D eigenvalue weighted by Gasteiger charge is 2.28. The highest BCUT2D eigenvalue weighted by Crippen LogP contribution is 2.22. The molecule has 2 rings (SSSR count). The maximum absolute atomic E-state index is 12.1. The van der Waals surface area contributed by atoms with Crippen LogP contribution in [0.1, 0.15) is 31.4 Å². The molecule has 0 aliphatic heterocycles. The number of carbonyl (C=O) groups is 1. The van der Waals surface area contributed by atoms with Gasteiger partial charge in [0.1, 0.15) is 5.75 Å². The number of nitrogens with zero attached hydrogens (tertiary/aromatic N) is 2. The van der Waals surface area contributed by atoms with Crippen LogP contribution in [0, 0.1) is 0 Å². The fourth-order valence-corrected chi connectivity index (χ4v) is 2.09. The van der Waals surface area contributed by atoms with E-state index in [0.717, 1.165) is 11.4 Å². The Hall–Kier alpha value is -2.51. The van der Waals surface area contributed by atoms with Crippen LogP contribution in [0.15, 0.2) is 36.7 Å². The monoisotopic (exact) mass is 341 g/mol. The predicted molar refractivity (Wildman–Crippen MR) is 82.0 cm³/mol. The molecule has 1 atom stereocenters. The van der Waals surface area contributed by atoms with Gasteiger partial charge in [-0.15, -0.1) is 0 Å². The van der Waals surface area contributed by atoms with E-state index < -0.39 is 31.0 Å². The van der Waals surface area contributed by atoms with Crippen LogP contribution in [0.4, 0.5) is 13.2 Å². The van der Waals surface area contributed by atoms with Gasteiger partial charge in [0, 0.05) is 18.2 Å². The van der Waals surface area contributed by atoms with E-state index in [4.69, 9.17) is 4.74 Å². The molecule has 0 aliphatic rings. The lowest BCUT2D eigenvalue weighted by molar-refractivity contribution is -0.144. The van der Waals surface area contributed by atoms with Gasteiger partial charge in [-0.1, -0.05) is 0 Å². The number of hydrogen-bond acceptors (Lipinski definition) is 3. The minimum absolute atomic E-state index is 0.433. The van der Waals surface area contributed by atoms with E-state index in [1.807, 2.05) is 12.1 Å². The SMILES string of the molecule is COc1ccc(-n2cc([C@H](C)NC(=O)CCC(F)(F)F)cn2)cc1. The van der Waals surface area contributed by atoms with E-state index in [-0.39, 0.29) is 0 Å². The third-order valence-corrected chi connectivity index (χ3v) is 3.45. The Balaban J connectivity index is 1.97. The molecule has 1 N–H and O–H groups in total. The van der Waals surface area contributed by atoms with E-state index in [1.54, 1.807) is 43.2 Å². The highest BCUT2D eigenvalue weighted by atomic mass is 19.4. The van der Waals surface area contributed by atoms with Gasteiger partial charge in [0.05, 0.1) is 31.5 Å². The van der Waals surface area contributed by atoms with Crippen LogP contribution in [-0.2, 0) is 4.79 Å². The zero-order valence-electron chi connectivity index (χ0n) is 13.3. The van der Waals surface area contributed by atoms with Crippen molar-refractivity contribution in [3.05, 3.63) is 42.2 Å². The number of amides is 1. The molecule has 0 fully saturated rings. The molecule has 2 aromatic rings. The molecule has 24 heavy (non-hydrogen) atoms. The molecule has 0 bridgehead atoms. The molecule has 0 saturated carbocycles. The largest absolute Gasteiger partial charge is 0.497 e. The number of benzene rings is 1. The number of ether oxygens (including phenoxy) is 1. The molecule has 0 spiro atoms. The standard InChI is InChI=1S/C16H18F3N3O2/c1-11(21-15(23)7-8-16(17,18)19)12-9-20-22(10-12)13-3-5-14(24-2)6-4-13/h3-6,9-11H,7-8H2,1-2H3,(H,21,23)/t11-/m0/s1. The Kier molecular flexibility index (Phi) is 5.48. The smallest absolute Gasteiger partial charge is 0.389 e. The van der Waals surface area contributed by atoms with Crippen LogP contribution in [0.2, 0.25) is 0 Å². The number of nitrogens with one attached hydrogen (secondary N) is 1. The van der Waals surface area contributed by atoms with Crippen molar-refractivity contribution >= 4 is 5.91 Å². The highest BCUT2D eigenvalue weighted by molar-refractivity contribution is 5.76. The molecular weight excluding hydrogens is 323 g/mol. The lowest BCUT2D eigenvalue weighted by atomic mass is 10.2. The van der Waals surface area contributed by atoms with Crippen LogP contribution in [-0.4, -0.2) is 29.0 Å². The number of alkyl halides is 3. The van der Waals surface area contributed by atoms with E-state index in [1.165, 1.54) is 0 Å². The van der Waals surface area contributed by atoms with Crippen LogP contribution in [0.3, 0.4) is 0 Å². The molecule has 0 saturated heterocycles. The molecule has 1 heterocycles. The Bertz CT molecular complexity index is 681. The van der Waals surface area contributed by atoms with Crippen LogP contribution in [0.25, 0.3) is 5.69 Å². The first-order valence-corrected chi connectivity index (χ1v) is 7.33. The van der Waals surface area contributed by atoms with Gasteiger partial charge in [-0.3, -0.25) is 4.79 Å². The van der Waals surface area contributed by atoms with Crippen molar-refractivity contribution in [2.45, 2.75) is 32.0 Å². The third kappa shape index (κ3) is 5.00. The number of hydrogen-bond donors (Lipinski definition) is 1. The van der Waals surface area contributed by atoms with Crippen molar-refractivity contribution in [3.63, 3.8) is 0 Å². The topological polar surface area (TPSA) is 56.1 Å². The van der Waals surface area contributed by atoms with Gasteiger partial charge in [-0.25, -0.2) is 4.68 Å². The van der Waals surface area contributed by atoms with Gasteiger partial charge >= 0.3 is 6.18 Å². The van der Waals surface area contributed by atoms with Gasteiger partial charge in [0.15, 0.2) is 0 Å². The van der Waals surface area contributed by atoms with Crippen molar-refractivity contribution in [3.8, 4) is 11.4 Å². The molecular formula is C16H18F3N3O2. The van der Waals surface area contributed by atoms with Gasteiger partial charge in [0.2, 0.25) is 5.91 Å². The van der Waals surface area contributed by atoms with E-state index in [9.17, 15) is 18.0 Å². The predicted octanol–water partition coefficient (Wildman–Crippen LogP) is 3.40. The van der Waals surface area contributed by atoms with Crippen molar-refractivity contribution < 1.29 is 22.7 Å². The Morgan fingerprint density at radius 3 is 2.58 bits per heavy atom. The van der Waals surface area contributed by atoms with Gasteiger partial charge in [-0.2, -0.15) is 18.3 Å². The first-order valence-electron chi connectivity index (χ1n) is 7.33. The molecule has 1 aromatic carbocycles. The first-order chi connectivity index (χ1) is 11.3. The second kappa shape index (κ2) is 7.37. The molecule has 8 heteroatoms. The summed E-state index contributed by atoms with van der Waals surface area (Å²) in [7, 11) is 1.57. The summed E-state index contributed by atoms with van der Waals surface area (Å²) in [6, 6.07) is 6.79. The summed E-state index contributed by atoms with van der Waals surface area (Å²) in [6.45, 7) is 1.70. The molecule has 1 aromatic heterocycles. The maximum atomic E-state index is 12.1. The minimum atomic E-state index is -4.33. The molecule has 0 unspecified atom stereocenters. The van der Waals surface area contributed by atoms with Gasteiger partial charge < -0.3 is 10.1 Å². The van der Waals surface area contributed by atoms with Crippen molar-refractivity contribution in [1.82, 2.24) is 15.1 Å². The summed E-state index contributed by atoms with van der Waals surface area (Å²) < 4.78 is 43.1. The Morgan fingerprint density at radius 2 is 2.00 bits per heavy atom. The summed E-state index contributed by atoms with van der Waals surface area (Å²) >= 11 is 0.